The number of alkyl halides is 3. The van der Waals surface area contributed by atoms with E-state index in [-0.39, 0.29) is 23.0 Å². The van der Waals surface area contributed by atoms with Gasteiger partial charge in [0.05, 0.1) is 19.1 Å². The van der Waals surface area contributed by atoms with E-state index in [1.165, 1.54) is 0 Å². The minimum absolute atomic E-state index is 0. The molecule has 2 aromatic rings. The van der Waals surface area contributed by atoms with E-state index in [2.05, 4.69) is 0 Å². The van der Waals surface area contributed by atoms with Crippen LogP contribution in [0.4, 0.5) is 0 Å². The van der Waals surface area contributed by atoms with E-state index in [1.807, 2.05) is 62.4 Å². The predicted octanol–water partition coefficient (Wildman–Crippen LogP) is 4.53. The molecule has 0 fully saturated rings. The molecular formula is C18H23Cl3O2Si. The highest BCUT2D eigenvalue weighted by molar-refractivity contribution is 6.68. The van der Waals surface area contributed by atoms with Crippen molar-refractivity contribution in [1.82, 2.24) is 0 Å². The van der Waals surface area contributed by atoms with Crippen LogP contribution in [-0.2, 0) is 0 Å². The summed E-state index contributed by atoms with van der Waals surface area (Å²) in [5.41, 5.74) is 1.81. The van der Waals surface area contributed by atoms with Crippen molar-refractivity contribution in [3.05, 3.63) is 59.7 Å². The fourth-order valence-corrected chi connectivity index (χ4v) is 3.13. The number of halogens is 3. The van der Waals surface area contributed by atoms with Crippen molar-refractivity contribution in [2.45, 2.75) is 29.7 Å². The van der Waals surface area contributed by atoms with Crippen molar-refractivity contribution in [2.24, 2.45) is 0 Å². The Labute approximate surface area is 163 Å². The number of methoxy groups -OCH3 is 1. The molecule has 2 nitrogen and oxygen atoms in total. The molecule has 2 rings (SSSR count). The van der Waals surface area contributed by atoms with Gasteiger partial charge in [0.2, 0.25) is 3.79 Å². The van der Waals surface area contributed by atoms with Gasteiger partial charge in [0.1, 0.15) is 11.5 Å². The summed E-state index contributed by atoms with van der Waals surface area (Å²) in [7, 11) is 1.62. The molecule has 0 aliphatic rings. The molecule has 0 aliphatic heterocycles. The predicted molar refractivity (Wildman–Crippen MR) is 109 cm³/mol. The SMILES string of the molecule is COc1ccc(C(c2ccc(OC(C)C)cc2)C(Cl)(Cl)Cl)cc1.[SiH4]. The first-order valence-electron chi connectivity index (χ1n) is 7.28. The van der Waals surface area contributed by atoms with Crippen LogP contribution in [0.25, 0.3) is 0 Å². The minimum Gasteiger partial charge on any atom is -0.497 e. The largest absolute Gasteiger partial charge is 0.497 e. The third-order valence-electron chi connectivity index (χ3n) is 3.36. The van der Waals surface area contributed by atoms with Gasteiger partial charge in [0.15, 0.2) is 0 Å². The molecule has 1 atom stereocenters. The summed E-state index contributed by atoms with van der Waals surface area (Å²) < 4.78 is 9.37. The molecule has 0 amide bonds. The number of hydrogen-bond acceptors (Lipinski definition) is 2. The molecule has 2 aromatic carbocycles. The van der Waals surface area contributed by atoms with E-state index in [0.29, 0.717) is 0 Å². The Balaban J connectivity index is 0.00000288. The highest BCUT2D eigenvalue weighted by Crippen LogP contribution is 2.46. The third kappa shape index (κ3) is 5.59. The van der Waals surface area contributed by atoms with Crippen molar-refractivity contribution in [3.63, 3.8) is 0 Å². The van der Waals surface area contributed by atoms with Crippen LogP contribution < -0.4 is 9.47 Å². The third-order valence-corrected chi connectivity index (χ3v) is 4.02. The fraction of sp³-hybridized carbons (Fsp3) is 0.333. The standard InChI is InChI=1S/C18H19Cl3O2.H4Si/c1-12(2)23-16-10-6-14(7-11-16)17(18(19,20)21)13-4-8-15(22-3)9-5-13;/h4-12,17H,1-3H3;1H4. The van der Waals surface area contributed by atoms with Crippen LogP contribution in [0, 0.1) is 0 Å². The maximum Gasteiger partial charge on any atom is 0.201 e. The van der Waals surface area contributed by atoms with Crippen molar-refractivity contribution in [3.8, 4) is 11.5 Å². The molecule has 0 aromatic heterocycles. The lowest BCUT2D eigenvalue weighted by Crippen LogP contribution is -2.18. The van der Waals surface area contributed by atoms with Gasteiger partial charge in [-0.2, -0.15) is 0 Å². The molecule has 0 aliphatic carbocycles. The summed E-state index contributed by atoms with van der Waals surface area (Å²) in [6.07, 6.45) is 0.117. The Morgan fingerprint density at radius 3 is 1.54 bits per heavy atom. The molecule has 0 spiro atoms. The van der Waals surface area contributed by atoms with E-state index in [4.69, 9.17) is 44.3 Å². The molecule has 132 valence electrons. The Morgan fingerprint density at radius 1 is 0.792 bits per heavy atom. The quantitative estimate of drug-likeness (QED) is 0.537. The molecule has 0 N–H and O–H groups in total. The number of benzene rings is 2. The van der Waals surface area contributed by atoms with Gasteiger partial charge in [-0.3, -0.25) is 0 Å². The second kappa shape index (κ2) is 9.00. The average molecular weight is 406 g/mol. The number of ether oxygens (including phenoxy) is 2. The van der Waals surface area contributed by atoms with Crippen molar-refractivity contribution in [2.75, 3.05) is 7.11 Å². The second-order valence-corrected chi connectivity index (χ2v) is 7.85. The van der Waals surface area contributed by atoms with Crippen LogP contribution in [0.15, 0.2) is 48.5 Å². The van der Waals surface area contributed by atoms with Gasteiger partial charge in [0.25, 0.3) is 0 Å². The normalized spacial score (nSPS) is 12.5. The molecule has 0 radical (unpaired) electrons. The summed E-state index contributed by atoms with van der Waals surface area (Å²) >= 11 is 18.7. The van der Waals surface area contributed by atoms with Crippen molar-refractivity contribution >= 4 is 45.8 Å². The Kier molecular flexibility index (Phi) is 7.94. The minimum atomic E-state index is -1.46. The van der Waals surface area contributed by atoms with Gasteiger partial charge in [0, 0.05) is 0 Å². The molecular weight excluding hydrogens is 383 g/mol. The van der Waals surface area contributed by atoms with Crippen LogP contribution >= 0.6 is 34.8 Å². The van der Waals surface area contributed by atoms with E-state index in [9.17, 15) is 0 Å². The van der Waals surface area contributed by atoms with Crippen LogP contribution in [0.3, 0.4) is 0 Å². The van der Waals surface area contributed by atoms with Gasteiger partial charge in [-0.25, -0.2) is 0 Å². The van der Waals surface area contributed by atoms with Crippen LogP contribution in [0.2, 0.25) is 0 Å². The van der Waals surface area contributed by atoms with E-state index < -0.39 is 3.79 Å². The average Bonchev–Trinajstić information content (AvgIpc) is 2.48. The zero-order valence-electron chi connectivity index (χ0n) is 13.2. The zero-order valence-corrected chi connectivity index (χ0v) is 15.5. The topological polar surface area (TPSA) is 18.5 Å². The molecule has 1 unspecified atom stereocenters. The smallest absolute Gasteiger partial charge is 0.201 e. The summed E-state index contributed by atoms with van der Waals surface area (Å²) in [5.74, 6) is 1.17. The summed E-state index contributed by atoms with van der Waals surface area (Å²) in [4.78, 5) is 0. The van der Waals surface area contributed by atoms with Crippen LogP contribution in [0.1, 0.15) is 30.9 Å². The van der Waals surface area contributed by atoms with Gasteiger partial charge in [-0.05, 0) is 60.2 Å². The number of rotatable bonds is 5. The molecule has 0 heterocycles. The lowest BCUT2D eigenvalue weighted by atomic mass is 9.92. The first-order chi connectivity index (χ1) is 10.8. The second-order valence-electron chi connectivity index (χ2n) is 5.48. The van der Waals surface area contributed by atoms with Crippen LogP contribution in [-0.4, -0.2) is 28.0 Å². The molecule has 0 bridgehead atoms. The molecule has 0 saturated heterocycles. The highest BCUT2D eigenvalue weighted by Gasteiger charge is 2.35. The van der Waals surface area contributed by atoms with Crippen LogP contribution in [0.5, 0.6) is 11.5 Å². The Bertz CT molecular complexity index is 622. The summed E-state index contributed by atoms with van der Waals surface area (Å²) in [6.45, 7) is 3.96. The fourth-order valence-electron chi connectivity index (χ4n) is 2.38. The number of hydrogen-bond donors (Lipinski definition) is 0. The first kappa shape index (κ1) is 21.2. The van der Waals surface area contributed by atoms with E-state index in [1.54, 1.807) is 7.11 Å². The monoisotopic (exact) mass is 404 g/mol. The lowest BCUT2D eigenvalue weighted by Gasteiger charge is -2.26. The van der Waals surface area contributed by atoms with Gasteiger partial charge in [-0.1, -0.05) is 59.1 Å². The first-order valence-corrected chi connectivity index (χ1v) is 8.42. The van der Waals surface area contributed by atoms with Gasteiger partial charge in [-0.15, -0.1) is 0 Å². The van der Waals surface area contributed by atoms with Gasteiger partial charge >= 0.3 is 0 Å². The van der Waals surface area contributed by atoms with E-state index >= 15 is 0 Å². The van der Waals surface area contributed by atoms with Gasteiger partial charge < -0.3 is 9.47 Å². The Hall–Kier alpha value is -0.873. The van der Waals surface area contributed by atoms with Crippen molar-refractivity contribution < 1.29 is 9.47 Å². The Morgan fingerprint density at radius 2 is 1.21 bits per heavy atom. The molecule has 24 heavy (non-hydrogen) atoms. The summed E-state index contributed by atoms with van der Waals surface area (Å²) in [5, 5.41) is 0. The molecule has 0 saturated carbocycles. The summed E-state index contributed by atoms with van der Waals surface area (Å²) in [6, 6.07) is 15.2. The van der Waals surface area contributed by atoms with E-state index in [0.717, 1.165) is 22.6 Å². The maximum absolute atomic E-state index is 6.23. The molecule has 6 heteroatoms. The highest BCUT2D eigenvalue weighted by atomic mass is 35.6. The zero-order chi connectivity index (χ0) is 17.0. The van der Waals surface area contributed by atoms with Crippen molar-refractivity contribution in [1.29, 1.82) is 0 Å². The maximum atomic E-state index is 6.23. The lowest BCUT2D eigenvalue weighted by molar-refractivity contribution is 0.242.